The summed E-state index contributed by atoms with van der Waals surface area (Å²) in [5.41, 5.74) is 0. The predicted octanol–water partition coefficient (Wildman–Crippen LogP) is 3.03. The summed E-state index contributed by atoms with van der Waals surface area (Å²) in [6.07, 6.45) is 1.68. The van der Waals surface area contributed by atoms with Gasteiger partial charge in [-0.25, -0.2) is 8.42 Å². The molecular weight excluding hydrogens is 360 g/mol. The molecule has 138 valence electrons. The predicted molar refractivity (Wildman–Crippen MR) is 103 cm³/mol. The summed E-state index contributed by atoms with van der Waals surface area (Å²) >= 11 is 0. The highest BCUT2D eigenvalue weighted by Crippen LogP contribution is 2.33. The van der Waals surface area contributed by atoms with E-state index in [4.69, 9.17) is 4.74 Å². The van der Waals surface area contributed by atoms with Gasteiger partial charge in [0.15, 0.2) is 0 Å². The molecule has 25 heavy (non-hydrogen) atoms. The van der Waals surface area contributed by atoms with Crippen LogP contribution in [0, 0.1) is 0 Å². The Hall–Kier alpha value is -1.34. The molecular formula is C18H25ClN2O3S. The zero-order valence-corrected chi connectivity index (χ0v) is 16.2. The van der Waals surface area contributed by atoms with E-state index in [0.29, 0.717) is 16.9 Å². The molecule has 3 rings (SSSR count). The van der Waals surface area contributed by atoms with Crippen LogP contribution in [0.2, 0.25) is 0 Å². The Bertz CT molecular complexity index is 820. The quantitative estimate of drug-likeness (QED) is 0.860. The number of hydrogen-bond donors (Lipinski definition) is 1. The highest BCUT2D eigenvalue weighted by Gasteiger charge is 2.30. The molecule has 1 N–H and O–H groups in total. The second-order valence-corrected chi connectivity index (χ2v) is 8.01. The van der Waals surface area contributed by atoms with Crippen molar-refractivity contribution in [1.82, 2.24) is 9.62 Å². The van der Waals surface area contributed by atoms with Crippen LogP contribution >= 0.6 is 12.4 Å². The summed E-state index contributed by atoms with van der Waals surface area (Å²) in [5.74, 6) is 0.719. The molecule has 1 aliphatic rings. The fourth-order valence-corrected chi connectivity index (χ4v) is 4.88. The van der Waals surface area contributed by atoms with Gasteiger partial charge < -0.3 is 10.1 Å². The maximum absolute atomic E-state index is 13.2. The van der Waals surface area contributed by atoms with Crippen LogP contribution in [0.15, 0.2) is 41.3 Å². The maximum Gasteiger partial charge on any atom is 0.243 e. The van der Waals surface area contributed by atoms with E-state index in [2.05, 4.69) is 5.32 Å². The first-order valence-corrected chi connectivity index (χ1v) is 9.83. The molecule has 0 aromatic heterocycles. The average molecular weight is 385 g/mol. The second-order valence-electron chi connectivity index (χ2n) is 6.04. The van der Waals surface area contributed by atoms with E-state index in [1.54, 1.807) is 19.2 Å². The van der Waals surface area contributed by atoms with Crippen molar-refractivity contribution in [3.05, 3.63) is 36.4 Å². The fourth-order valence-electron chi connectivity index (χ4n) is 3.27. The largest absolute Gasteiger partial charge is 0.493 e. The van der Waals surface area contributed by atoms with E-state index < -0.39 is 10.0 Å². The van der Waals surface area contributed by atoms with Crippen molar-refractivity contribution in [3.8, 4) is 5.75 Å². The van der Waals surface area contributed by atoms with E-state index in [-0.39, 0.29) is 18.4 Å². The molecule has 0 bridgehead atoms. The van der Waals surface area contributed by atoms with Crippen LogP contribution in [0.1, 0.15) is 19.8 Å². The van der Waals surface area contributed by atoms with Crippen LogP contribution in [-0.4, -0.2) is 45.5 Å². The lowest BCUT2D eigenvalue weighted by atomic mass is 10.1. The summed E-state index contributed by atoms with van der Waals surface area (Å²) in [7, 11) is -1.86. The van der Waals surface area contributed by atoms with Crippen molar-refractivity contribution in [2.75, 3.05) is 26.7 Å². The van der Waals surface area contributed by atoms with E-state index in [1.807, 2.05) is 31.2 Å². The topological polar surface area (TPSA) is 58.6 Å². The van der Waals surface area contributed by atoms with Gasteiger partial charge in [0, 0.05) is 23.9 Å². The fraction of sp³-hybridized carbons (Fsp3) is 0.444. The van der Waals surface area contributed by atoms with Gasteiger partial charge in [-0.3, -0.25) is 0 Å². The minimum Gasteiger partial charge on any atom is -0.493 e. The van der Waals surface area contributed by atoms with Gasteiger partial charge in [-0.1, -0.05) is 24.3 Å². The van der Waals surface area contributed by atoms with Gasteiger partial charge in [0.2, 0.25) is 10.0 Å². The highest BCUT2D eigenvalue weighted by atomic mass is 35.5. The lowest BCUT2D eigenvalue weighted by Gasteiger charge is -2.31. The van der Waals surface area contributed by atoms with Crippen molar-refractivity contribution in [3.63, 3.8) is 0 Å². The molecule has 2 aromatic rings. The molecule has 0 amide bonds. The van der Waals surface area contributed by atoms with Gasteiger partial charge in [0.1, 0.15) is 5.75 Å². The Morgan fingerprint density at radius 2 is 1.76 bits per heavy atom. The average Bonchev–Trinajstić information content (AvgIpc) is 2.62. The van der Waals surface area contributed by atoms with E-state index in [1.165, 1.54) is 4.31 Å². The molecule has 0 radical (unpaired) electrons. The SMILES string of the molecule is CCOc1ccc(S(=O)(=O)N(C)C2CCNCC2)c2ccccc12.Cl. The molecule has 7 heteroatoms. The standard InChI is InChI=1S/C18H24N2O3S.ClH/c1-3-23-17-8-9-18(16-7-5-4-6-15(16)17)24(21,22)20(2)14-10-12-19-13-11-14;/h4-9,14,19H,3,10-13H2,1-2H3;1H. The third kappa shape index (κ3) is 3.92. The number of nitrogens with zero attached hydrogens (tertiary/aromatic N) is 1. The van der Waals surface area contributed by atoms with Crippen molar-refractivity contribution in [2.24, 2.45) is 0 Å². The van der Waals surface area contributed by atoms with Crippen LogP contribution in [-0.2, 0) is 10.0 Å². The van der Waals surface area contributed by atoms with Crippen LogP contribution in [0.4, 0.5) is 0 Å². The Kier molecular flexibility index (Phi) is 6.68. The monoisotopic (exact) mass is 384 g/mol. The Morgan fingerprint density at radius 3 is 2.40 bits per heavy atom. The van der Waals surface area contributed by atoms with Crippen molar-refractivity contribution in [1.29, 1.82) is 0 Å². The van der Waals surface area contributed by atoms with Gasteiger partial charge in [-0.15, -0.1) is 12.4 Å². The van der Waals surface area contributed by atoms with Gasteiger partial charge in [0.05, 0.1) is 11.5 Å². The Balaban J connectivity index is 0.00000225. The molecule has 5 nitrogen and oxygen atoms in total. The van der Waals surface area contributed by atoms with Crippen molar-refractivity contribution >= 4 is 33.2 Å². The van der Waals surface area contributed by atoms with Crippen LogP contribution in [0.3, 0.4) is 0 Å². The first kappa shape index (κ1) is 20.0. The normalized spacial score (nSPS) is 16.0. The summed E-state index contributed by atoms with van der Waals surface area (Å²) in [4.78, 5) is 0.350. The smallest absolute Gasteiger partial charge is 0.243 e. The summed E-state index contributed by atoms with van der Waals surface area (Å²) in [6, 6.07) is 11.0. The lowest BCUT2D eigenvalue weighted by molar-refractivity contribution is 0.296. The zero-order chi connectivity index (χ0) is 17.2. The number of hydrogen-bond acceptors (Lipinski definition) is 4. The number of halogens is 1. The Morgan fingerprint density at radius 1 is 1.12 bits per heavy atom. The van der Waals surface area contributed by atoms with Crippen LogP contribution in [0.5, 0.6) is 5.75 Å². The number of benzene rings is 2. The van der Waals surface area contributed by atoms with Crippen LogP contribution in [0.25, 0.3) is 10.8 Å². The molecule has 1 aliphatic heterocycles. The number of piperidine rings is 1. The molecule has 2 aromatic carbocycles. The highest BCUT2D eigenvalue weighted by molar-refractivity contribution is 7.89. The molecule has 0 saturated carbocycles. The Labute approximate surface area is 155 Å². The van der Waals surface area contributed by atoms with E-state index in [0.717, 1.165) is 37.1 Å². The third-order valence-corrected chi connectivity index (χ3v) is 6.59. The molecule has 1 fully saturated rings. The van der Waals surface area contributed by atoms with E-state index in [9.17, 15) is 8.42 Å². The summed E-state index contributed by atoms with van der Waals surface area (Å²) in [5, 5.41) is 4.82. The van der Waals surface area contributed by atoms with Gasteiger partial charge in [0.25, 0.3) is 0 Å². The first-order valence-electron chi connectivity index (χ1n) is 8.39. The lowest BCUT2D eigenvalue weighted by Crippen LogP contribution is -2.43. The third-order valence-electron chi connectivity index (χ3n) is 4.62. The molecule has 1 heterocycles. The summed E-state index contributed by atoms with van der Waals surface area (Å²) in [6.45, 7) is 4.18. The van der Waals surface area contributed by atoms with Gasteiger partial charge >= 0.3 is 0 Å². The molecule has 0 unspecified atom stereocenters. The molecule has 0 aliphatic carbocycles. The number of fused-ring (bicyclic) bond motifs is 1. The molecule has 0 spiro atoms. The minimum atomic E-state index is -3.55. The number of ether oxygens (including phenoxy) is 1. The number of nitrogens with one attached hydrogen (secondary N) is 1. The van der Waals surface area contributed by atoms with Crippen LogP contribution < -0.4 is 10.1 Å². The molecule has 1 saturated heterocycles. The van der Waals surface area contributed by atoms with E-state index >= 15 is 0 Å². The number of sulfonamides is 1. The molecule has 0 atom stereocenters. The van der Waals surface area contributed by atoms with Crippen molar-refractivity contribution in [2.45, 2.75) is 30.7 Å². The number of rotatable bonds is 5. The zero-order valence-electron chi connectivity index (χ0n) is 14.6. The maximum atomic E-state index is 13.2. The first-order chi connectivity index (χ1) is 11.6. The summed E-state index contributed by atoms with van der Waals surface area (Å²) < 4.78 is 33.5. The minimum absolute atomic E-state index is 0. The van der Waals surface area contributed by atoms with Gasteiger partial charge in [-0.2, -0.15) is 4.31 Å². The van der Waals surface area contributed by atoms with Gasteiger partial charge in [-0.05, 0) is 45.0 Å². The van der Waals surface area contributed by atoms with Crippen molar-refractivity contribution < 1.29 is 13.2 Å². The second kappa shape index (κ2) is 8.36.